The number of hydrogen-bond acceptors (Lipinski definition) is 8. The summed E-state index contributed by atoms with van der Waals surface area (Å²) in [6.07, 6.45) is 1.62. The average Bonchev–Trinajstić information content (AvgIpc) is 3.26. The second-order valence-corrected chi connectivity index (χ2v) is 11.4. The minimum atomic E-state index is -4.24. The molecular formula is C25H26N4O6S2. The number of methoxy groups -OCH3 is 2. The van der Waals surface area contributed by atoms with Crippen LogP contribution in [0.3, 0.4) is 0 Å². The second-order valence-electron chi connectivity index (χ2n) is 8.26. The molecule has 0 fully saturated rings. The molecule has 4 rings (SSSR count). The first-order chi connectivity index (χ1) is 17.6. The number of benzene rings is 2. The molecule has 2 aromatic carbocycles. The van der Waals surface area contributed by atoms with Gasteiger partial charge >= 0.3 is 5.16 Å². The zero-order chi connectivity index (χ0) is 26.9. The third-order valence-corrected chi connectivity index (χ3v) is 8.78. The largest absolute Gasteiger partial charge is 0.609 e. The molecule has 194 valence electrons. The highest BCUT2D eigenvalue weighted by molar-refractivity contribution is 7.93. The normalized spacial score (nSPS) is 12.4. The molecule has 0 radical (unpaired) electrons. The van der Waals surface area contributed by atoms with Gasteiger partial charge in [-0.15, -0.1) is 0 Å². The Kier molecular flexibility index (Phi) is 7.44. The zero-order valence-electron chi connectivity index (χ0n) is 20.9. The highest BCUT2D eigenvalue weighted by Gasteiger charge is 2.32. The lowest BCUT2D eigenvalue weighted by atomic mass is 10.1. The smallest absolute Gasteiger partial charge is 0.338 e. The Bertz CT molecular complexity index is 1580. The lowest BCUT2D eigenvalue weighted by Crippen LogP contribution is -2.21. The number of carbonyl (C=O) groups is 1. The molecule has 0 spiro atoms. The molecule has 0 bridgehead atoms. The number of imidazole rings is 1. The zero-order valence-corrected chi connectivity index (χ0v) is 22.6. The molecule has 1 unspecified atom stereocenters. The SMILES string of the molecule is COc1ccc2nc([S+]([O-])Cc3ncc(C)c(OC)c3C)n(S(=O)(=O)c3ccc(NC(C)=O)cc3)c2c1. The Morgan fingerprint density at radius 3 is 2.43 bits per heavy atom. The summed E-state index contributed by atoms with van der Waals surface area (Å²) in [5.41, 5.74) is 3.07. The van der Waals surface area contributed by atoms with Gasteiger partial charge in [0.1, 0.15) is 11.5 Å². The van der Waals surface area contributed by atoms with E-state index in [1.165, 1.54) is 44.4 Å². The van der Waals surface area contributed by atoms with Crippen molar-refractivity contribution >= 4 is 43.8 Å². The fraction of sp³-hybridized carbons (Fsp3) is 0.240. The lowest BCUT2D eigenvalue weighted by molar-refractivity contribution is -0.114. The van der Waals surface area contributed by atoms with E-state index in [1.807, 2.05) is 13.8 Å². The first-order valence-electron chi connectivity index (χ1n) is 11.1. The van der Waals surface area contributed by atoms with Crippen molar-refractivity contribution in [3.8, 4) is 11.5 Å². The van der Waals surface area contributed by atoms with Gasteiger partial charge in [0, 0.05) is 47.2 Å². The predicted molar refractivity (Wildman–Crippen MR) is 140 cm³/mol. The summed E-state index contributed by atoms with van der Waals surface area (Å²) in [7, 11) is -1.23. The number of aryl methyl sites for hydroxylation is 1. The number of rotatable bonds is 8. The number of ether oxygens (including phenoxy) is 2. The molecule has 0 aliphatic heterocycles. The summed E-state index contributed by atoms with van der Waals surface area (Å²) < 4.78 is 53.1. The molecule has 0 saturated heterocycles. The first kappa shape index (κ1) is 26.5. The molecule has 1 atom stereocenters. The number of anilines is 1. The summed E-state index contributed by atoms with van der Waals surface area (Å²) in [4.78, 5) is 20.1. The van der Waals surface area contributed by atoms with Crippen molar-refractivity contribution in [3.63, 3.8) is 0 Å². The number of carbonyl (C=O) groups excluding carboxylic acids is 1. The predicted octanol–water partition coefficient (Wildman–Crippen LogP) is 3.57. The quantitative estimate of drug-likeness (QED) is 0.334. The van der Waals surface area contributed by atoms with Gasteiger partial charge in [0.05, 0.1) is 35.8 Å². The van der Waals surface area contributed by atoms with E-state index in [9.17, 15) is 17.8 Å². The Labute approximate surface area is 217 Å². The topological polar surface area (TPSA) is 135 Å². The number of aromatic nitrogens is 3. The Hall–Kier alpha value is -3.61. The van der Waals surface area contributed by atoms with Crippen molar-refractivity contribution in [1.29, 1.82) is 0 Å². The molecule has 4 aromatic rings. The maximum absolute atomic E-state index is 13.9. The summed E-state index contributed by atoms with van der Waals surface area (Å²) in [6.45, 7) is 5.03. The van der Waals surface area contributed by atoms with E-state index in [4.69, 9.17) is 9.47 Å². The number of nitrogens with one attached hydrogen (secondary N) is 1. The van der Waals surface area contributed by atoms with Crippen molar-refractivity contribution < 1.29 is 27.2 Å². The van der Waals surface area contributed by atoms with Gasteiger partial charge in [0.2, 0.25) is 5.91 Å². The molecule has 2 aromatic heterocycles. The fourth-order valence-electron chi connectivity index (χ4n) is 3.94. The van der Waals surface area contributed by atoms with Crippen LogP contribution in [-0.4, -0.2) is 47.0 Å². The van der Waals surface area contributed by atoms with Gasteiger partial charge in [0.15, 0.2) is 5.75 Å². The number of nitrogens with zero attached hydrogens (tertiary/aromatic N) is 3. The van der Waals surface area contributed by atoms with Gasteiger partial charge in [-0.3, -0.25) is 9.78 Å². The van der Waals surface area contributed by atoms with Gasteiger partial charge in [-0.1, -0.05) is 0 Å². The van der Waals surface area contributed by atoms with Crippen molar-refractivity contribution in [2.75, 3.05) is 19.5 Å². The minimum Gasteiger partial charge on any atom is -0.609 e. The molecule has 0 aliphatic rings. The second kappa shape index (κ2) is 10.4. The number of hydrogen-bond donors (Lipinski definition) is 1. The van der Waals surface area contributed by atoms with Crippen molar-refractivity contribution in [2.45, 2.75) is 36.6 Å². The monoisotopic (exact) mass is 542 g/mol. The van der Waals surface area contributed by atoms with E-state index in [0.717, 1.165) is 15.1 Å². The molecule has 2 heterocycles. The first-order valence-corrected chi connectivity index (χ1v) is 13.9. The molecule has 10 nitrogen and oxygen atoms in total. The van der Waals surface area contributed by atoms with Crippen LogP contribution >= 0.6 is 0 Å². The highest BCUT2D eigenvalue weighted by atomic mass is 32.2. The molecule has 1 N–H and O–H groups in total. The van der Waals surface area contributed by atoms with Crippen molar-refractivity contribution in [2.24, 2.45) is 0 Å². The highest BCUT2D eigenvalue weighted by Crippen LogP contribution is 2.32. The van der Waals surface area contributed by atoms with Gasteiger partial charge in [-0.2, -0.15) is 8.96 Å². The van der Waals surface area contributed by atoms with E-state index >= 15 is 0 Å². The van der Waals surface area contributed by atoms with Gasteiger partial charge in [0.25, 0.3) is 10.0 Å². The fourth-order valence-corrected chi connectivity index (χ4v) is 6.98. The van der Waals surface area contributed by atoms with E-state index in [-0.39, 0.29) is 27.2 Å². The van der Waals surface area contributed by atoms with Crippen LogP contribution in [0.2, 0.25) is 0 Å². The molecule has 1 amide bonds. The molecule has 12 heteroatoms. The molecular weight excluding hydrogens is 516 g/mol. The minimum absolute atomic E-state index is 0.0618. The third kappa shape index (κ3) is 5.13. The maximum atomic E-state index is 13.9. The molecule has 0 aliphatic carbocycles. The van der Waals surface area contributed by atoms with Crippen LogP contribution < -0.4 is 14.8 Å². The summed E-state index contributed by atoms with van der Waals surface area (Å²) in [5, 5.41) is 2.46. The molecule has 0 saturated carbocycles. The van der Waals surface area contributed by atoms with Gasteiger partial charge in [-0.25, -0.2) is 8.42 Å². The van der Waals surface area contributed by atoms with Crippen molar-refractivity contribution in [3.05, 3.63) is 65.5 Å². The van der Waals surface area contributed by atoms with Crippen LogP contribution in [-0.2, 0) is 31.7 Å². The third-order valence-electron chi connectivity index (χ3n) is 5.73. The van der Waals surface area contributed by atoms with Crippen LogP contribution in [0.1, 0.15) is 23.7 Å². The number of fused-ring (bicyclic) bond motifs is 1. The Morgan fingerprint density at radius 1 is 1.11 bits per heavy atom. The van der Waals surface area contributed by atoms with Gasteiger partial charge in [-0.05, 0) is 50.2 Å². The van der Waals surface area contributed by atoms with Crippen LogP contribution in [0.5, 0.6) is 11.5 Å². The van der Waals surface area contributed by atoms with Crippen LogP contribution in [0.15, 0.2) is 58.7 Å². The van der Waals surface area contributed by atoms with Crippen LogP contribution in [0.4, 0.5) is 5.69 Å². The van der Waals surface area contributed by atoms with Crippen LogP contribution in [0.25, 0.3) is 11.0 Å². The standard InChI is InChI=1S/C25H26N4O6S2/c1-15-13-26-22(16(2)24(15)35-5)14-36(31)25-28-21-11-8-19(34-4)12-23(21)29(25)37(32,33)20-9-6-18(7-10-20)27-17(3)30/h6-13H,14H2,1-5H3,(H,27,30). The summed E-state index contributed by atoms with van der Waals surface area (Å²) in [5.74, 6) is 0.702. The summed E-state index contributed by atoms with van der Waals surface area (Å²) in [6, 6.07) is 10.5. The Morgan fingerprint density at radius 2 is 1.81 bits per heavy atom. The van der Waals surface area contributed by atoms with E-state index in [2.05, 4.69) is 15.3 Å². The molecule has 37 heavy (non-hydrogen) atoms. The van der Waals surface area contributed by atoms with Gasteiger partial charge < -0.3 is 19.3 Å². The average molecular weight is 543 g/mol. The van der Waals surface area contributed by atoms with E-state index in [0.29, 0.717) is 28.4 Å². The van der Waals surface area contributed by atoms with E-state index < -0.39 is 21.2 Å². The lowest BCUT2D eigenvalue weighted by Gasteiger charge is -2.15. The summed E-state index contributed by atoms with van der Waals surface area (Å²) >= 11 is -1.89. The Balaban J connectivity index is 1.84. The van der Waals surface area contributed by atoms with Crippen molar-refractivity contribution in [1.82, 2.24) is 13.9 Å². The van der Waals surface area contributed by atoms with E-state index in [1.54, 1.807) is 25.4 Å². The number of amides is 1. The number of pyridine rings is 1. The van der Waals surface area contributed by atoms with Crippen LogP contribution in [0, 0.1) is 13.8 Å². The maximum Gasteiger partial charge on any atom is 0.338 e.